The molecule has 138 valence electrons. The first-order valence-electron chi connectivity index (χ1n) is 7.91. The molecule has 10 heteroatoms. The summed E-state index contributed by atoms with van der Waals surface area (Å²) >= 11 is 1.01. The average molecular weight is 383 g/mol. The summed E-state index contributed by atoms with van der Waals surface area (Å²) in [4.78, 5) is 16.9. The van der Waals surface area contributed by atoms with Crippen molar-refractivity contribution in [1.29, 1.82) is 0 Å². The highest BCUT2D eigenvalue weighted by Crippen LogP contribution is 2.17. The zero-order valence-electron chi connectivity index (χ0n) is 13.6. The molecule has 1 saturated heterocycles. The third-order valence-electron chi connectivity index (χ3n) is 3.80. The van der Waals surface area contributed by atoms with Crippen molar-refractivity contribution in [3.63, 3.8) is 0 Å². The summed E-state index contributed by atoms with van der Waals surface area (Å²) in [5, 5.41) is 4.40. The monoisotopic (exact) mass is 383 g/mol. The average Bonchev–Trinajstić information content (AvgIpc) is 2.98. The first-order valence-corrected chi connectivity index (χ1v) is 8.68. The van der Waals surface area contributed by atoms with Crippen LogP contribution in [0.1, 0.15) is 12.8 Å². The molecule has 0 aliphatic carbocycles. The van der Waals surface area contributed by atoms with Crippen molar-refractivity contribution >= 4 is 23.0 Å². The molecule has 1 aromatic carbocycles. The fourth-order valence-electron chi connectivity index (χ4n) is 2.58. The van der Waals surface area contributed by atoms with Gasteiger partial charge in [-0.2, -0.15) is 8.89 Å². The molecule has 3 aromatic rings. The smallest absolute Gasteiger partial charge is 0.346 e. The third kappa shape index (κ3) is 4.38. The lowest BCUT2D eigenvalue weighted by Crippen LogP contribution is -2.43. The number of piperidine rings is 1. The summed E-state index contributed by atoms with van der Waals surface area (Å²) in [6.45, 7) is 1.79. The molecule has 1 fully saturated rings. The second-order valence-corrected chi connectivity index (χ2v) is 6.68. The number of hydrogen-bond acceptors (Lipinski definition) is 6. The van der Waals surface area contributed by atoms with Gasteiger partial charge in [-0.05, 0) is 37.1 Å². The standard InChI is InChI=1S/C10H13N5OS.C6H3F3/c11-7-2-1-5-14(6-7)9-4-3-8-12-10(16)17-15(8)13-9;7-4-1-2-5(8)6(9)3-4/h3-4,7H,1-2,5-6,11H2;1-3H/t7-;/m1./s1. The van der Waals surface area contributed by atoms with Crippen molar-refractivity contribution in [2.45, 2.75) is 18.9 Å². The molecule has 3 heterocycles. The number of hydrogen-bond donors (Lipinski definition) is 1. The second-order valence-electron chi connectivity index (χ2n) is 5.80. The van der Waals surface area contributed by atoms with Crippen molar-refractivity contribution in [3.8, 4) is 0 Å². The molecule has 1 atom stereocenters. The van der Waals surface area contributed by atoms with Gasteiger partial charge in [-0.25, -0.2) is 13.2 Å². The molecule has 0 saturated carbocycles. The maximum absolute atomic E-state index is 12.0. The molecule has 1 aliphatic rings. The lowest BCUT2D eigenvalue weighted by Gasteiger charge is -2.31. The van der Waals surface area contributed by atoms with Crippen LogP contribution in [0.4, 0.5) is 19.0 Å². The van der Waals surface area contributed by atoms with E-state index in [9.17, 15) is 18.0 Å². The van der Waals surface area contributed by atoms with Gasteiger partial charge in [-0.1, -0.05) is 0 Å². The van der Waals surface area contributed by atoms with E-state index in [-0.39, 0.29) is 10.9 Å². The van der Waals surface area contributed by atoms with Crippen LogP contribution in [0.5, 0.6) is 0 Å². The fraction of sp³-hybridized carbons (Fsp3) is 0.312. The lowest BCUT2D eigenvalue weighted by molar-refractivity contribution is 0.495. The number of anilines is 1. The van der Waals surface area contributed by atoms with Gasteiger partial charge in [0.1, 0.15) is 5.82 Å². The summed E-state index contributed by atoms with van der Waals surface area (Å²) in [6, 6.07) is 6.02. The van der Waals surface area contributed by atoms with Crippen LogP contribution in [0.3, 0.4) is 0 Å². The summed E-state index contributed by atoms with van der Waals surface area (Å²) in [5.74, 6) is -2.10. The highest BCUT2D eigenvalue weighted by atomic mass is 32.1. The SMILES string of the molecule is Fc1ccc(F)c(F)c1.N[C@@H]1CCCN(c2ccc3nc(=O)sn3n2)C1. The molecule has 1 aliphatic heterocycles. The van der Waals surface area contributed by atoms with Crippen molar-refractivity contribution < 1.29 is 13.2 Å². The Morgan fingerprint density at radius 2 is 1.96 bits per heavy atom. The van der Waals surface area contributed by atoms with Crippen LogP contribution in [0.15, 0.2) is 35.1 Å². The molecule has 0 unspecified atom stereocenters. The zero-order chi connectivity index (χ0) is 18.7. The molecule has 26 heavy (non-hydrogen) atoms. The van der Waals surface area contributed by atoms with Crippen LogP contribution < -0.4 is 15.5 Å². The number of halogens is 3. The zero-order valence-corrected chi connectivity index (χ0v) is 14.4. The van der Waals surface area contributed by atoms with Crippen molar-refractivity contribution in [2.24, 2.45) is 5.73 Å². The maximum atomic E-state index is 12.0. The molecule has 2 N–H and O–H groups in total. The molecule has 0 amide bonds. The predicted molar refractivity (Wildman–Crippen MR) is 92.9 cm³/mol. The highest BCUT2D eigenvalue weighted by Gasteiger charge is 2.18. The van der Waals surface area contributed by atoms with Gasteiger partial charge in [0.2, 0.25) is 0 Å². The van der Waals surface area contributed by atoms with Gasteiger partial charge in [0, 0.05) is 36.7 Å². The van der Waals surface area contributed by atoms with Gasteiger partial charge in [0.15, 0.2) is 23.1 Å². The van der Waals surface area contributed by atoms with Crippen LogP contribution in [0, 0.1) is 17.5 Å². The molecule has 2 aromatic heterocycles. The number of nitrogens with two attached hydrogens (primary N) is 1. The molecule has 0 spiro atoms. The fourth-order valence-corrected chi connectivity index (χ4v) is 3.18. The van der Waals surface area contributed by atoms with Gasteiger partial charge >= 0.3 is 4.87 Å². The normalized spacial score (nSPS) is 17.1. The molecule has 0 bridgehead atoms. The largest absolute Gasteiger partial charge is 0.354 e. The minimum absolute atomic E-state index is 0.211. The second kappa shape index (κ2) is 7.83. The summed E-state index contributed by atoms with van der Waals surface area (Å²) < 4.78 is 37.4. The van der Waals surface area contributed by atoms with Gasteiger partial charge in [0.05, 0.1) is 0 Å². The van der Waals surface area contributed by atoms with E-state index < -0.39 is 17.5 Å². The third-order valence-corrected chi connectivity index (χ3v) is 4.49. The number of fused-ring (bicyclic) bond motifs is 1. The van der Waals surface area contributed by atoms with Crippen molar-refractivity contribution in [3.05, 3.63) is 57.5 Å². The van der Waals surface area contributed by atoms with E-state index in [1.807, 2.05) is 12.1 Å². The van der Waals surface area contributed by atoms with E-state index in [1.54, 1.807) is 3.90 Å². The Balaban J connectivity index is 0.000000185. The van der Waals surface area contributed by atoms with E-state index in [1.165, 1.54) is 0 Å². The van der Waals surface area contributed by atoms with Gasteiger partial charge in [0.25, 0.3) is 0 Å². The van der Waals surface area contributed by atoms with Crippen LogP contribution in [0.25, 0.3) is 5.65 Å². The minimum atomic E-state index is -1.16. The van der Waals surface area contributed by atoms with Crippen LogP contribution in [-0.2, 0) is 0 Å². The highest BCUT2D eigenvalue weighted by molar-refractivity contribution is 7.03. The summed E-state index contributed by atoms with van der Waals surface area (Å²) in [7, 11) is 0. The van der Waals surface area contributed by atoms with E-state index in [0.717, 1.165) is 55.4 Å². The first kappa shape index (κ1) is 18.3. The number of rotatable bonds is 1. The summed E-state index contributed by atoms with van der Waals surface area (Å²) in [6.07, 6.45) is 2.15. The van der Waals surface area contributed by atoms with E-state index in [0.29, 0.717) is 11.7 Å². The lowest BCUT2D eigenvalue weighted by atomic mass is 10.1. The van der Waals surface area contributed by atoms with Gasteiger partial charge in [-0.15, -0.1) is 5.10 Å². The van der Waals surface area contributed by atoms with Crippen molar-refractivity contribution in [1.82, 2.24) is 14.0 Å². The van der Waals surface area contributed by atoms with E-state index >= 15 is 0 Å². The Bertz CT molecular complexity index is 960. The molecule has 0 radical (unpaired) electrons. The Hall–Kier alpha value is -2.46. The van der Waals surface area contributed by atoms with Crippen LogP contribution in [0.2, 0.25) is 0 Å². The maximum Gasteiger partial charge on any atom is 0.346 e. The topological polar surface area (TPSA) is 76.5 Å². The molecule has 6 nitrogen and oxygen atoms in total. The first-order chi connectivity index (χ1) is 12.4. The number of aromatic nitrogens is 3. The van der Waals surface area contributed by atoms with E-state index in [4.69, 9.17) is 5.73 Å². The van der Waals surface area contributed by atoms with Gasteiger partial charge in [-0.3, -0.25) is 4.79 Å². The summed E-state index contributed by atoms with van der Waals surface area (Å²) in [5.41, 5.74) is 6.55. The molecular weight excluding hydrogens is 367 g/mol. The van der Waals surface area contributed by atoms with Crippen LogP contribution >= 0.6 is 11.5 Å². The number of nitrogens with zero attached hydrogens (tertiary/aromatic N) is 4. The molecule has 4 rings (SSSR count). The minimum Gasteiger partial charge on any atom is -0.354 e. The Kier molecular flexibility index (Phi) is 5.52. The molecular formula is C16H16F3N5OS. The van der Waals surface area contributed by atoms with Crippen molar-refractivity contribution in [2.75, 3.05) is 18.0 Å². The Morgan fingerprint density at radius 3 is 2.65 bits per heavy atom. The van der Waals surface area contributed by atoms with E-state index in [2.05, 4.69) is 15.0 Å². The Morgan fingerprint density at radius 1 is 1.15 bits per heavy atom. The predicted octanol–water partition coefficient (Wildman–Crippen LogP) is 2.18. The van der Waals surface area contributed by atoms with Crippen LogP contribution in [-0.4, -0.2) is 33.1 Å². The Labute approximate surface area is 150 Å². The quantitative estimate of drug-likeness (QED) is 0.652. The van der Waals surface area contributed by atoms with Gasteiger partial charge < -0.3 is 10.6 Å². The number of benzene rings is 1.